The lowest BCUT2D eigenvalue weighted by Crippen LogP contribution is -2.57. The van der Waals surface area contributed by atoms with Gasteiger partial charge >= 0.3 is 0 Å². The summed E-state index contributed by atoms with van der Waals surface area (Å²) in [5.41, 5.74) is 14.5. The van der Waals surface area contributed by atoms with Crippen LogP contribution in [0.15, 0.2) is 170 Å². The van der Waals surface area contributed by atoms with Gasteiger partial charge in [-0.1, -0.05) is 144 Å². The number of hydrogen-bond acceptors (Lipinski definition) is 3. The molecule has 55 heavy (non-hydrogen) atoms. The molecule has 1 aliphatic heterocycles. The fraction of sp³-hybridized carbons (Fsp3) is 0.176. The molecule has 1 heterocycles. The Labute approximate surface area is 328 Å². The van der Waals surface area contributed by atoms with Crippen LogP contribution in [0, 0.1) is 0 Å². The van der Waals surface area contributed by atoms with E-state index in [0.29, 0.717) is 17.8 Å². The summed E-state index contributed by atoms with van der Waals surface area (Å²) >= 11 is 0. The monoisotopic (exact) mass is 716 g/mol. The van der Waals surface area contributed by atoms with E-state index >= 15 is 0 Å². The second kappa shape index (κ2) is 15.4. The SMILES string of the molecule is CC(C)c1cc(C(C)C)c(B2c3ccc(N(c4ccccc4)c4ccccc4)cc3Oc3cc(N(c4ccccc4)c4ccccc4)ccc32)c(C(C)C)c1. The van der Waals surface area contributed by atoms with E-state index in [1.165, 1.54) is 33.1 Å². The van der Waals surface area contributed by atoms with Gasteiger partial charge in [-0.15, -0.1) is 0 Å². The number of anilines is 6. The summed E-state index contributed by atoms with van der Waals surface area (Å²) in [7, 11) is 0. The van der Waals surface area contributed by atoms with Crippen molar-refractivity contribution in [3.8, 4) is 11.5 Å². The smallest absolute Gasteiger partial charge is 0.251 e. The highest BCUT2D eigenvalue weighted by atomic mass is 16.5. The van der Waals surface area contributed by atoms with Crippen LogP contribution in [0.25, 0.3) is 0 Å². The third kappa shape index (κ3) is 7.05. The Morgan fingerprint density at radius 1 is 0.382 bits per heavy atom. The van der Waals surface area contributed by atoms with Crippen molar-refractivity contribution < 1.29 is 4.74 Å². The minimum absolute atomic E-state index is 0.0123. The van der Waals surface area contributed by atoms with Crippen LogP contribution in [0.3, 0.4) is 0 Å². The molecule has 3 nitrogen and oxygen atoms in total. The lowest BCUT2D eigenvalue weighted by atomic mass is 9.34. The number of hydrogen-bond donors (Lipinski definition) is 0. The van der Waals surface area contributed by atoms with E-state index < -0.39 is 0 Å². The molecule has 0 unspecified atom stereocenters. The van der Waals surface area contributed by atoms with Crippen LogP contribution < -0.4 is 30.9 Å². The summed E-state index contributed by atoms with van der Waals surface area (Å²) in [4.78, 5) is 4.63. The molecule has 0 bridgehead atoms. The summed E-state index contributed by atoms with van der Waals surface area (Å²) in [6.45, 7) is 14.0. The van der Waals surface area contributed by atoms with Gasteiger partial charge in [-0.05, 0) is 106 Å². The van der Waals surface area contributed by atoms with Gasteiger partial charge in [-0.25, -0.2) is 0 Å². The highest BCUT2D eigenvalue weighted by Crippen LogP contribution is 2.40. The molecule has 0 saturated carbocycles. The van der Waals surface area contributed by atoms with Crippen LogP contribution in [0.2, 0.25) is 0 Å². The van der Waals surface area contributed by atoms with E-state index in [1.807, 2.05) is 0 Å². The van der Waals surface area contributed by atoms with Crippen molar-refractivity contribution in [2.45, 2.75) is 59.3 Å². The first-order valence-electron chi connectivity index (χ1n) is 19.7. The number of fused-ring (bicyclic) bond motifs is 2. The Hall–Kier alpha value is -6.00. The van der Waals surface area contributed by atoms with Crippen molar-refractivity contribution in [2.75, 3.05) is 9.80 Å². The van der Waals surface area contributed by atoms with Crippen LogP contribution in [0.1, 0.15) is 76.0 Å². The molecule has 0 spiro atoms. The maximum absolute atomic E-state index is 7.16. The first kappa shape index (κ1) is 36.0. The molecule has 0 atom stereocenters. The molecule has 0 saturated heterocycles. The third-order valence-electron chi connectivity index (χ3n) is 10.9. The number of rotatable bonds is 10. The number of benzene rings is 7. The first-order valence-corrected chi connectivity index (χ1v) is 19.7. The van der Waals surface area contributed by atoms with E-state index in [1.54, 1.807) is 0 Å². The van der Waals surface area contributed by atoms with Crippen molar-refractivity contribution in [3.05, 3.63) is 187 Å². The van der Waals surface area contributed by atoms with Crippen molar-refractivity contribution in [1.82, 2.24) is 0 Å². The Balaban J connectivity index is 1.37. The summed E-state index contributed by atoms with van der Waals surface area (Å²) in [5.74, 6) is 2.89. The molecule has 0 amide bonds. The average molecular weight is 717 g/mol. The Morgan fingerprint density at radius 2 is 0.727 bits per heavy atom. The zero-order valence-electron chi connectivity index (χ0n) is 32.8. The molecule has 272 valence electrons. The van der Waals surface area contributed by atoms with E-state index in [-0.39, 0.29) is 6.71 Å². The molecular formula is C51H49BN2O. The molecule has 0 aliphatic carbocycles. The fourth-order valence-corrected chi connectivity index (χ4v) is 8.12. The first-order chi connectivity index (χ1) is 26.8. The van der Waals surface area contributed by atoms with Crippen LogP contribution in [-0.2, 0) is 0 Å². The molecule has 7 aromatic carbocycles. The molecule has 8 rings (SSSR count). The van der Waals surface area contributed by atoms with Crippen LogP contribution in [0.4, 0.5) is 34.1 Å². The van der Waals surface area contributed by atoms with Gasteiger partial charge in [0.1, 0.15) is 11.5 Å². The van der Waals surface area contributed by atoms with Gasteiger partial charge in [-0.2, -0.15) is 0 Å². The zero-order valence-corrected chi connectivity index (χ0v) is 32.8. The second-order valence-corrected chi connectivity index (χ2v) is 15.6. The largest absolute Gasteiger partial charge is 0.458 e. The van der Waals surface area contributed by atoms with Crippen molar-refractivity contribution in [1.29, 1.82) is 0 Å². The predicted molar refractivity (Wildman–Crippen MR) is 236 cm³/mol. The minimum atomic E-state index is -0.0123. The second-order valence-electron chi connectivity index (χ2n) is 15.6. The molecule has 4 heteroatoms. The van der Waals surface area contributed by atoms with Crippen molar-refractivity contribution >= 4 is 57.2 Å². The molecule has 0 aromatic heterocycles. The molecular weight excluding hydrogens is 667 g/mol. The van der Waals surface area contributed by atoms with Gasteiger partial charge in [0.15, 0.2) is 0 Å². The van der Waals surface area contributed by atoms with E-state index in [9.17, 15) is 0 Å². The van der Waals surface area contributed by atoms with Crippen molar-refractivity contribution in [3.63, 3.8) is 0 Å². The number of nitrogens with zero attached hydrogens (tertiary/aromatic N) is 2. The summed E-state index contributed by atoms with van der Waals surface area (Å²) in [6.07, 6.45) is 0. The predicted octanol–water partition coefficient (Wildman–Crippen LogP) is 12.6. The topological polar surface area (TPSA) is 15.7 Å². The Kier molecular flexibility index (Phi) is 10.1. The Morgan fingerprint density at radius 3 is 1.04 bits per heavy atom. The quantitative estimate of drug-likeness (QED) is 0.131. The third-order valence-corrected chi connectivity index (χ3v) is 10.9. The van der Waals surface area contributed by atoms with Crippen LogP contribution >= 0.6 is 0 Å². The summed E-state index contributed by atoms with van der Waals surface area (Å²) < 4.78 is 7.16. The molecule has 7 aromatic rings. The van der Waals surface area contributed by atoms with Gasteiger partial charge < -0.3 is 14.5 Å². The lowest BCUT2D eigenvalue weighted by molar-refractivity contribution is 0.488. The average Bonchev–Trinajstić information content (AvgIpc) is 3.21. The molecule has 0 fully saturated rings. The molecule has 0 radical (unpaired) electrons. The van der Waals surface area contributed by atoms with Crippen LogP contribution in [0.5, 0.6) is 11.5 Å². The minimum Gasteiger partial charge on any atom is -0.458 e. The number of ether oxygens (including phenoxy) is 1. The van der Waals surface area contributed by atoms with Crippen molar-refractivity contribution in [2.24, 2.45) is 0 Å². The standard InChI is InChI=1S/C51H49BN2O/c1-35(2)38-31-45(36(3)4)51(46(32-38)37(5)6)52-47-29-27-43(53(39-19-11-7-12-20-39)40-21-13-8-14-22-40)33-49(47)55-50-34-44(28-30-48(50)52)54(41-23-15-9-16-24-41)42-25-17-10-18-26-42/h7-37H,1-6H3. The van der Waals surface area contributed by atoms with E-state index in [0.717, 1.165) is 45.6 Å². The number of para-hydroxylation sites is 4. The summed E-state index contributed by atoms with van der Waals surface area (Å²) in [6, 6.07) is 61.0. The lowest BCUT2D eigenvalue weighted by Gasteiger charge is -2.34. The van der Waals surface area contributed by atoms with Gasteiger partial charge in [0, 0.05) is 46.3 Å². The zero-order chi connectivity index (χ0) is 38.1. The summed E-state index contributed by atoms with van der Waals surface area (Å²) in [5, 5.41) is 0. The highest BCUT2D eigenvalue weighted by Gasteiger charge is 2.37. The highest BCUT2D eigenvalue weighted by molar-refractivity contribution is 6.97. The normalized spacial score (nSPS) is 12.1. The maximum atomic E-state index is 7.16. The maximum Gasteiger partial charge on any atom is 0.251 e. The Bertz CT molecular complexity index is 2150. The van der Waals surface area contributed by atoms with E-state index in [4.69, 9.17) is 4.74 Å². The fourth-order valence-electron chi connectivity index (χ4n) is 8.12. The van der Waals surface area contributed by atoms with Crippen LogP contribution in [-0.4, -0.2) is 6.71 Å². The van der Waals surface area contributed by atoms with E-state index in [2.05, 4.69) is 221 Å². The molecule has 1 aliphatic rings. The van der Waals surface area contributed by atoms with Gasteiger partial charge in [0.2, 0.25) is 0 Å². The van der Waals surface area contributed by atoms with Gasteiger partial charge in [0.25, 0.3) is 6.71 Å². The van der Waals surface area contributed by atoms with Gasteiger partial charge in [-0.3, -0.25) is 0 Å². The molecule has 0 N–H and O–H groups in total. The van der Waals surface area contributed by atoms with Gasteiger partial charge in [0.05, 0.1) is 0 Å².